The van der Waals surface area contributed by atoms with Crippen LogP contribution in [0.25, 0.3) is 0 Å². The average Bonchev–Trinajstić information content (AvgIpc) is 3.43. The highest BCUT2D eigenvalue weighted by atomic mass is 16.5. The molecule has 1 aliphatic carbocycles. The minimum Gasteiger partial charge on any atom is -0.497 e. The summed E-state index contributed by atoms with van der Waals surface area (Å²) in [5.41, 5.74) is 3.74. The van der Waals surface area contributed by atoms with Crippen LogP contribution in [-0.4, -0.2) is 25.5 Å². The Labute approximate surface area is 159 Å². The van der Waals surface area contributed by atoms with E-state index in [1.165, 1.54) is 0 Å². The Morgan fingerprint density at radius 3 is 2.52 bits per heavy atom. The Bertz CT molecular complexity index is 872. The van der Waals surface area contributed by atoms with Crippen LogP contribution < -0.4 is 15.0 Å². The normalized spacial score (nSPS) is 16.6. The third kappa shape index (κ3) is 3.54. The molecule has 1 fully saturated rings. The predicted molar refractivity (Wildman–Crippen MR) is 104 cm³/mol. The molecule has 2 amide bonds. The molecule has 1 heterocycles. The third-order valence-electron chi connectivity index (χ3n) is 5.47. The Hall–Kier alpha value is -2.82. The fraction of sp³-hybridized carbons (Fsp3) is 0.364. The average molecular weight is 364 g/mol. The first-order chi connectivity index (χ1) is 13.1. The Morgan fingerprint density at radius 2 is 1.89 bits per heavy atom. The summed E-state index contributed by atoms with van der Waals surface area (Å²) in [5, 5.41) is 3.21. The van der Waals surface area contributed by atoms with Gasteiger partial charge < -0.3 is 15.0 Å². The number of benzene rings is 2. The SMILES string of the molecule is COc1ccc(C(NC(=O)c2ccc3c(c2)CCN3C(C)=O)C2CC2)cc1. The van der Waals surface area contributed by atoms with E-state index in [2.05, 4.69) is 5.32 Å². The molecule has 2 aromatic rings. The van der Waals surface area contributed by atoms with Gasteiger partial charge in [0.15, 0.2) is 0 Å². The first-order valence-corrected chi connectivity index (χ1v) is 9.42. The van der Waals surface area contributed by atoms with Crippen molar-refractivity contribution in [3.63, 3.8) is 0 Å². The molecule has 2 aliphatic rings. The van der Waals surface area contributed by atoms with Crippen LogP contribution in [-0.2, 0) is 11.2 Å². The zero-order valence-corrected chi connectivity index (χ0v) is 15.7. The molecule has 5 nitrogen and oxygen atoms in total. The second kappa shape index (κ2) is 7.06. The van der Waals surface area contributed by atoms with Gasteiger partial charge in [-0.2, -0.15) is 0 Å². The molecule has 1 aliphatic heterocycles. The van der Waals surface area contributed by atoms with Gasteiger partial charge in [-0.25, -0.2) is 0 Å². The molecule has 1 saturated carbocycles. The van der Waals surface area contributed by atoms with E-state index in [0.29, 0.717) is 18.0 Å². The number of anilines is 1. The number of hydrogen-bond donors (Lipinski definition) is 1. The minimum atomic E-state index is -0.0632. The van der Waals surface area contributed by atoms with Crippen LogP contribution in [0.5, 0.6) is 5.75 Å². The molecule has 0 radical (unpaired) electrons. The van der Waals surface area contributed by atoms with Gasteiger partial charge >= 0.3 is 0 Å². The van der Waals surface area contributed by atoms with Gasteiger partial charge in [-0.05, 0) is 66.6 Å². The number of rotatable bonds is 5. The molecule has 140 valence electrons. The summed E-state index contributed by atoms with van der Waals surface area (Å²) in [4.78, 5) is 26.3. The largest absolute Gasteiger partial charge is 0.497 e. The number of ether oxygens (including phenoxy) is 1. The number of carbonyl (C=O) groups is 2. The molecule has 4 rings (SSSR count). The lowest BCUT2D eigenvalue weighted by atomic mass is 10.0. The van der Waals surface area contributed by atoms with Crippen molar-refractivity contribution in [2.45, 2.75) is 32.2 Å². The van der Waals surface area contributed by atoms with Crippen molar-refractivity contribution in [2.24, 2.45) is 5.92 Å². The van der Waals surface area contributed by atoms with E-state index in [0.717, 1.165) is 41.8 Å². The quantitative estimate of drug-likeness (QED) is 0.884. The van der Waals surface area contributed by atoms with Crippen molar-refractivity contribution in [3.05, 3.63) is 59.2 Å². The first-order valence-electron chi connectivity index (χ1n) is 9.42. The summed E-state index contributed by atoms with van der Waals surface area (Å²) >= 11 is 0. The monoisotopic (exact) mass is 364 g/mol. The summed E-state index contributed by atoms with van der Waals surface area (Å²) in [5.74, 6) is 1.28. The fourth-order valence-electron chi connectivity index (χ4n) is 3.81. The van der Waals surface area contributed by atoms with Crippen LogP contribution in [0.1, 0.15) is 47.3 Å². The molecule has 0 bridgehead atoms. The van der Waals surface area contributed by atoms with Crippen LogP contribution in [0.4, 0.5) is 5.69 Å². The van der Waals surface area contributed by atoms with Gasteiger partial charge in [0.25, 0.3) is 5.91 Å². The van der Waals surface area contributed by atoms with E-state index in [-0.39, 0.29) is 17.9 Å². The number of methoxy groups -OCH3 is 1. The van der Waals surface area contributed by atoms with Crippen LogP contribution >= 0.6 is 0 Å². The van der Waals surface area contributed by atoms with Crippen molar-refractivity contribution >= 4 is 17.5 Å². The molecule has 1 atom stereocenters. The highest BCUT2D eigenvalue weighted by molar-refractivity contribution is 5.98. The smallest absolute Gasteiger partial charge is 0.251 e. The predicted octanol–water partition coefficient (Wildman–Crippen LogP) is 3.49. The molecule has 0 aromatic heterocycles. The van der Waals surface area contributed by atoms with Crippen molar-refractivity contribution in [1.82, 2.24) is 5.32 Å². The number of hydrogen-bond acceptors (Lipinski definition) is 3. The van der Waals surface area contributed by atoms with Crippen LogP contribution in [0.2, 0.25) is 0 Å². The maximum absolute atomic E-state index is 12.9. The Kier molecular flexibility index (Phi) is 4.60. The van der Waals surface area contributed by atoms with Gasteiger partial charge in [-0.3, -0.25) is 9.59 Å². The molecular formula is C22H24N2O3. The van der Waals surface area contributed by atoms with Crippen molar-refractivity contribution in [1.29, 1.82) is 0 Å². The van der Waals surface area contributed by atoms with Gasteiger partial charge in [0.1, 0.15) is 5.75 Å². The van der Waals surface area contributed by atoms with E-state index in [9.17, 15) is 9.59 Å². The summed E-state index contributed by atoms with van der Waals surface area (Å²) in [6.45, 7) is 2.26. The number of nitrogens with one attached hydrogen (secondary N) is 1. The zero-order valence-electron chi connectivity index (χ0n) is 15.7. The van der Waals surface area contributed by atoms with E-state index >= 15 is 0 Å². The molecule has 0 spiro atoms. The molecule has 1 unspecified atom stereocenters. The second-order valence-electron chi connectivity index (χ2n) is 7.33. The van der Waals surface area contributed by atoms with Gasteiger partial charge in [0, 0.05) is 24.7 Å². The summed E-state index contributed by atoms with van der Waals surface area (Å²) < 4.78 is 5.23. The zero-order chi connectivity index (χ0) is 19.0. The van der Waals surface area contributed by atoms with E-state index in [1.807, 2.05) is 42.5 Å². The molecule has 2 aromatic carbocycles. The standard InChI is InChI=1S/C22H24N2O3/c1-14(25)24-12-11-17-13-18(7-10-20(17)24)22(26)23-21(15-3-4-15)16-5-8-19(27-2)9-6-16/h5-10,13,15,21H,3-4,11-12H2,1-2H3,(H,23,26). The molecule has 5 heteroatoms. The minimum absolute atomic E-state index is 0.0189. The summed E-state index contributed by atoms with van der Waals surface area (Å²) in [6.07, 6.45) is 3.06. The highest BCUT2D eigenvalue weighted by Crippen LogP contribution is 2.41. The van der Waals surface area contributed by atoms with Crippen LogP contribution in [0, 0.1) is 5.92 Å². The first kappa shape index (κ1) is 17.6. The lowest BCUT2D eigenvalue weighted by molar-refractivity contribution is -0.116. The van der Waals surface area contributed by atoms with Gasteiger partial charge in [0.2, 0.25) is 5.91 Å². The molecule has 0 saturated heterocycles. The summed E-state index contributed by atoms with van der Waals surface area (Å²) in [6, 6.07) is 13.6. The van der Waals surface area contributed by atoms with E-state index in [4.69, 9.17) is 4.74 Å². The highest BCUT2D eigenvalue weighted by Gasteiger charge is 2.34. The molecule has 27 heavy (non-hydrogen) atoms. The lowest BCUT2D eigenvalue weighted by Gasteiger charge is -2.20. The van der Waals surface area contributed by atoms with E-state index < -0.39 is 0 Å². The summed E-state index contributed by atoms with van der Waals surface area (Å²) in [7, 11) is 1.65. The molecule has 1 N–H and O–H groups in total. The lowest BCUT2D eigenvalue weighted by Crippen LogP contribution is -2.30. The number of nitrogens with zero attached hydrogens (tertiary/aromatic N) is 1. The van der Waals surface area contributed by atoms with Crippen molar-refractivity contribution in [3.8, 4) is 5.75 Å². The second-order valence-corrected chi connectivity index (χ2v) is 7.33. The third-order valence-corrected chi connectivity index (χ3v) is 5.47. The van der Waals surface area contributed by atoms with Crippen molar-refractivity contribution in [2.75, 3.05) is 18.6 Å². The molecular weight excluding hydrogens is 340 g/mol. The van der Waals surface area contributed by atoms with Gasteiger partial charge in [-0.1, -0.05) is 12.1 Å². The van der Waals surface area contributed by atoms with Gasteiger partial charge in [-0.15, -0.1) is 0 Å². The number of carbonyl (C=O) groups excluding carboxylic acids is 2. The topological polar surface area (TPSA) is 58.6 Å². The number of amides is 2. The van der Waals surface area contributed by atoms with Crippen molar-refractivity contribution < 1.29 is 14.3 Å². The van der Waals surface area contributed by atoms with E-state index in [1.54, 1.807) is 18.9 Å². The maximum Gasteiger partial charge on any atom is 0.251 e. The number of fused-ring (bicyclic) bond motifs is 1. The maximum atomic E-state index is 12.9. The Morgan fingerprint density at radius 1 is 1.15 bits per heavy atom. The Balaban J connectivity index is 1.53. The van der Waals surface area contributed by atoms with Crippen LogP contribution in [0.3, 0.4) is 0 Å². The van der Waals surface area contributed by atoms with Crippen LogP contribution in [0.15, 0.2) is 42.5 Å². The van der Waals surface area contributed by atoms with Gasteiger partial charge in [0.05, 0.1) is 13.2 Å². The fourth-order valence-corrected chi connectivity index (χ4v) is 3.81.